The molecule has 22 heavy (non-hydrogen) atoms. The number of ether oxygens (including phenoxy) is 1. The first-order valence-electron chi connectivity index (χ1n) is 6.94. The lowest BCUT2D eigenvalue weighted by atomic mass is 9.85. The van der Waals surface area contributed by atoms with Crippen LogP contribution in [0.25, 0.3) is 16.0 Å². The van der Waals surface area contributed by atoms with Gasteiger partial charge in [0.25, 0.3) is 0 Å². The Hall–Kier alpha value is -2.07. The maximum Gasteiger partial charge on any atom is 0.335 e. The smallest absolute Gasteiger partial charge is 0.335 e. The van der Waals surface area contributed by atoms with Gasteiger partial charge in [0.15, 0.2) is 0 Å². The van der Waals surface area contributed by atoms with Crippen LogP contribution in [-0.2, 0) is 10.2 Å². The number of hydrogen-bond acceptors (Lipinski definition) is 3. The second-order valence-corrected chi connectivity index (χ2v) is 7.06. The van der Waals surface area contributed by atoms with Crippen LogP contribution in [0.15, 0.2) is 36.2 Å². The van der Waals surface area contributed by atoms with E-state index in [2.05, 4.69) is 33.4 Å². The minimum atomic E-state index is -0.991. The molecule has 0 aliphatic rings. The van der Waals surface area contributed by atoms with Gasteiger partial charge < -0.3 is 9.84 Å². The molecule has 0 saturated heterocycles. The van der Waals surface area contributed by atoms with Crippen molar-refractivity contribution in [3.05, 3.63) is 47.4 Å². The van der Waals surface area contributed by atoms with Gasteiger partial charge in [0, 0.05) is 10.4 Å². The number of hydrogen-bond donors (Lipinski definition) is 1. The highest BCUT2D eigenvalue weighted by Gasteiger charge is 2.20. The van der Waals surface area contributed by atoms with Gasteiger partial charge in [-0.25, -0.2) is 4.79 Å². The lowest BCUT2D eigenvalue weighted by Gasteiger charge is -2.22. The van der Waals surface area contributed by atoms with Crippen molar-refractivity contribution >= 4 is 22.9 Å². The molecule has 0 aliphatic heterocycles. The van der Waals surface area contributed by atoms with Crippen LogP contribution in [0, 0.1) is 0 Å². The van der Waals surface area contributed by atoms with Crippen molar-refractivity contribution in [1.29, 1.82) is 0 Å². The Balaban J connectivity index is 2.46. The van der Waals surface area contributed by atoms with E-state index in [0.29, 0.717) is 5.56 Å². The molecule has 0 unspecified atom stereocenters. The Morgan fingerprint density at radius 3 is 2.50 bits per heavy atom. The Labute approximate surface area is 134 Å². The minimum Gasteiger partial charge on any atom is -0.496 e. The summed E-state index contributed by atoms with van der Waals surface area (Å²) in [6.07, 6.45) is 0. The summed E-state index contributed by atoms with van der Waals surface area (Å²) in [5.74, 6) is -0.127. The van der Waals surface area contributed by atoms with Crippen molar-refractivity contribution in [2.75, 3.05) is 7.11 Å². The maximum absolute atomic E-state index is 11.0. The molecule has 1 aromatic carbocycles. The zero-order valence-corrected chi connectivity index (χ0v) is 14.1. The molecular weight excluding hydrogens is 296 g/mol. The number of carboxylic acid groups (broad SMARTS) is 1. The van der Waals surface area contributed by atoms with Gasteiger partial charge in [0.2, 0.25) is 0 Å². The van der Waals surface area contributed by atoms with E-state index in [1.165, 1.54) is 11.3 Å². The van der Waals surface area contributed by atoms with E-state index in [4.69, 9.17) is 9.84 Å². The Morgan fingerprint density at radius 1 is 1.27 bits per heavy atom. The first kappa shape index (κ1) is 16.3. The summed E-state index contributed by atoms with van der Waals surface area (Å²) in [4.78, 5) is 12.0. The fraction of sp³-hybridized carbons (Fsp3) is 0.278. The molecule has 2 aromatic rings. The molecule has 0 saturated carbocycles. The van der Waals surface area contributed by atoms with Crippen LogP contribution in [0.3, 0.4) is 0 Å². The first-order valence-corrected chi connectivity index (χ1v) is 7.82. The van der Waals surface area contributed by atoms with Gasteiger partial charge >= 0.3 is 5.97 Å². The predicted molar refractivity (Wildman–Crippen MR) is 91.7 cm³/mol. The van der Waals surface area contributed by atoms with Crippen LogP contribution in [0.2, 0.25) is 0 Å². The molecule has 1 N–H and O–H groups in total. The van der Waals surface area contributed by atoms with Crippen molar-refractivity contribution < 1.29 is 14.6 Å². The Bertz CT molecular complexity index is 720. The molecule has 0 atom stereocenters. The summed E-state index contributed by atoms with van der Waals surface area (Å²) < 4.78 is 5.45. The summed E-state index contributed by atoms with van der Waals surface area (Å²) in [5.41, 5.74) is 2.92. The highest BCUT2D eigenvalue weighted by molar-refractivity contribution is 7.13. The molecule has 3 nitrogen and oxygen atoms in total. The van der Waals surface area contributed by atoms with Gasteiger partial charge in [0.05, 0.1) is 12.7 Å². The van der Waals surface area contributed by atoms with E-state index in [9.17, 15) is 4.79 Å². The standard InChI is InChI=1S/C18H20O3S/c1-11(17(19)20)13-9-16(22-10-13)12-6-7-15(21-5)14(8-12)18(2,3)4/h6-10H,1H2,2-5H3,(H,19,20). The van der Waals surface area contributed by atoms with Gasteiger partial charge in [-0.1, -0.05) is 27.4 Å². The van der Waals surface area contributed by atoms with Crippen LogP contribution < -0.4 is 4.74 Å². The van der Waals surface area contributed by atoms with Crippen LogP contribution in [0.1, 0.15) is 31.9 Å². The molecule has 0 spiro atoms. The van der Waals surface area contributed by atoms with E-state index < -0.39 is 5.97 Å². The zero-order chi connectivity index (χ0) is 16.5. The SMILES string of the molecule is C=C(C(=O)O)c1csc(-c2ccc(OC)c(C(C)(C)C)c2)c1. The van der Waals surface area contributed by atoms with Gasteiger partial charge in [-0.2, -0.15) is 0 Å². The second-order valence-electron chi connectivity index (χ2n) is 6.15. The van der Waals surface area contributed by atoms with E-state index >= 15 is 0 Å². The molecular formula is C18H20O3S. The zero-order valence-electron chi connectivity index (χ0n) is 13.3. The van der Waals surface area contributed by atoms with Crippen molar-refractivity contribution in [1.82, 2.24) is 0 Å². The highest BCUT2D eigenvalue weighted by atomic mass is 32.1. The number of carbonyl (C=O) groups is 1. The Kier molecular flexibility index (Phi) is 4.42. The molecule has 0 aliphatic carbocycles. The predicted octanol–water partition coefficient (Wildman–Crippen LogP) is 4.82. The first-order chi connectivity index (χ1) is 10.2. The average Bonchev–Trinajstić information content (AvgIpc) is 2.94. The normalized spacial score (nSPS) is 11.3. The van der Waals surface area contributed by atoms with Crippen LogP contribution >= 0.6 is 11.3 Å². The number of benzene rings is 1. The van der Waals surface area contributed by atoms with E-state index in [1.807, 2.05) is 23.6 Å². The summed E-state index contributed by atoms with van der Waals surface area (Å²) in [6.45, 7) is 10.0. The van der Waals surface area contributed by atoms with Crippen LogP contribution in [0.5, 0.6) is 5.75 Å². The average molecular weight is 316 g/mol. The van der Waals surface area contributed by atoms with Crippen LogP contribution in [0.4, 0.5) is 0 Å². The van der Waals surface area contributed by atoms with Gasteiger partial charge in [-0.3, -0.25) is 0 Å². The highest BCUT2D eigenvalue weighted by Crippen LogP contribution is 2.37. The van der Waals surface area contributed by atoms with Gasteiger partial charge in [0.1, 0.15) is 5.75 Å². The minimum absolute atomic E-state index is 0.0356. The largest absolute Gasteiger partial charge is 0.496 e. The summed E-state index contributed by atoms with van der Waals surface area (Å²) in [7, 11) is 1.67. The topological polar surface area (TPSA) is 46.5 Å². The number of rotatable bonds is 4. The van der Waals surface area contributed by atoms with Gasteiger partial charge in [-0.05, 0) is 46.2 Å². The third-order valence-corrected chi connectivity index (χ3v) is 4.48. The van der Waals surface area contributed by atoms with Crippen molar-refractivity contribution in [2.45, 2.75) is 26.2 Å². The molecule has 1 heterocycles. The third kappa shape index (κ3) is 3.22. The lowest BCUT2D eigenvalue weighted by Crippen LogP contribution is -2.12. The molecule has 0 fully saturated rings. The molecule has 2 rings (SSSR count). The summed E-state index contributed by atoms with van der Waals surface area (Å²) in [6, 6.07) is 7.93. The number of methoxy groups -OCH3 is 1. The molecule has 116 valence electrons. The molecule has 1 aromatic heterocycles. The second kappa shape index (κ2) is 5.97. The molecule has 0 radical (unpaired) electrons. The molecule has 4 heteroatoms. The van der Waals surface area contributed by atoms with Crippen molar-refractivity contribution in [3.8, 4) is 16.2 Å². The number of thiophene rings is 1. The lowest BCUT2D eigenvalue weighted by molar-refractivity contribution is -0.130. The molecule has 0 amide bonds. The van der Waals surface area contributed by atoms with E-state index in [0.717, 1.165) is 21.8 Å². The summed E-state index contributed by atoms with van der Waals surface area (Å²) in [5, 5.41) is 10.8. The van der Waals surface area contributed by atoms with Crippen molar-refractivity contribution in [3.63, 3.8) is 0 Å². The van der Waals surface area contributed by atoms with E-state index in [1.54, 1.807) is 7.11 Å². The van der Waals surface area contributed by atoms with Gasteiger partial charge in [-0.15, -0.1) is 11.3 Å². The molecule has 0 bridgehead atoms. The van der Waals surface area contributed by atoms with Crippen LogP contribution in [-0.4, -0.2) is 18.2 Å². The number of aliphatic carboxylic acids is 1. The fourth-order valence-electron chi connectivity index (χ4n) is 2.22. The third-order valence-electron chi connectivity index (χ3n) is 3.50. The fourth-order valence-corrected chi connectivity index (χ4v) is 3.14. The number of carboxylic acids is 1. The van der Waals surface area contributed by atoms with Crippen molar-refractivity contribution in [2.24, 2.45) is 0 Å². The quantitative estimate of drug-likeness (QED) is 0.823. The monoisotopic (exact) mass is 316 g/mol. The van der Waals surface area contributed by atoms with E-state index in [-0.39, 0.29) is 11.0 Å². The Morgan fingerprint density at radius 2 is 1.95 bits per heavy atom. The maximum atomic E-state index is 11.0. The summed E-state index contributed by atoms with van der Waals surface area (Å²) >= 11 is 1.52.